The number of anilines is 1. The molecule has 0 saturated carbocycles. The van der Waals surface area contributed by atoms with Crippen molar-refractivity contribution in [1.29, 1.82) is 0 Å². The molecular formula is C17H31N3O. The molecular weight excluding hydrogens is 262 g/mol. The summed E-state index contributed by atoms with van der Waals surface area (Å²) in [6.45, 7) is 13.3. The van der Waals surface area contributed by atoms with Crippen molar-refractivity contribution in [2.45, 2.75) is 40.7 Å². The molecule has 1 rings (SSSR count). The van der Waals surface area contributed by atoms with Gasteiger partial charge in [-0.1, -0.05) is 27.7 Å². The Morgan fingerprint density at radius 3 is 2.62 bits per heavy atom. The van der Waals surface area contributed by atoms with Gasteiger partial charge in [-0.05, 0) is 36.6 Å². The molecule has 0 saturated heterocycles. The Kier molecular flexibility index (Phi) is 8.31. The van der Waals surface area contributed by atoms with Crippen LogP contribution in [0.4, 0.5) is 5.82 Å². The second-order valence-electron chi connectivity index (χ2n) is 5.79. The van der Waals surface area contributed by atoms with Crippen LogP contribution in [0.1, 0.15) is 39.0 Å². The van der Waals surface area contributed by atoms with Crippen LogP contribution in [0, 0.1) is 5.92 Å². The van der Waals surface area contributed by atoms with Gasteiger partial charge >= 0.3 is 0 Å². The Labute approximate surface area is 129 Å². The van der Waals surface area contributed by atoms with Crippen LogP contribution in [0.25, 0.3) is 0 Å². The van der Waals surface area contributed by atoms with Crippen molar-refractivity contribution in [3.05, 3.63) is 23.4 Å². The summed E-state index contributed by atoms with van der Waals surface area (Å²) in [5.74, 6) is 1.68. The zero-order valence-corrected chi connectivity index (χ0v) is 14.3. The average molecular weight is 293 g/mol. The quantitative estimate of drug-likeness (QED) is 0.720. The van der Waals surface area contributed by atoms with Crippen molar-refractivity contribution in [3.8, 4) is 0 Å². The van der Waals surface area contributed by atoms with Crippen LogP contribution < -0.4 is 10.2 Å². The SMILES string of the molecule is CCNCc1cc(CC)nc(N(CCOC)CC(C)C)c1. The molecule has 0 aliphatic heterocycles. The number of aryl methyl sites for hydroxylation is 1. The molecule has 21 heavy (non-hydrogen) atoms. The van der Waals surface area contributed by atoms with E-state index in [1.807, 2.05) is 0 Å². The minimum atomic E-state index is 0.603. The van der Waals surface area contributed by atoms with E-state index in [2.05, 4.69) is 50.0 Å². The van der Waals surface area contributed by atoms with Crippen LogP contribution in [0.5, 0.6) is 0 Å². The Hall–Kier alpha value is -1.13. The van der Waals surface area contributed by atoms with Crippen LogP contribution in [0.15, 0.2) is 12.1 Å². The average Bonchev–Trinajstić information content (AvgIpc) is 2.48. The van der Waals surface area contributed by atoms with E-state index in [1.54, 1.807) is 7.11 Å². The fourth-order valence-electron chi connectivity index (χ4n) is 2.29. The molecule has 0 aliphatic carbocycles. The molecule has 0 aliphatic rings. The standard InChI is InChI=1S/C17H31N3O/c1-6-16-10-15(12-18-7-2)11-17(19-16)20(8-9-21-5)13-14(3)4/h10-11,14,18H,6-9,12-13H2,1-5H3. The summed E-state index contributed by atoms with van der Waals surface area (Å²) in [6.07, 6.45) is 0.965. The third kappa shape index (κ3) is 6.44. The van der Waals surface area contributed by atoms with Gasteiger partial charge in [-0.2, -0.15) is 0 Å². The number of nitrogens with zero attached hydrogens (tertiary/aromatic N) is 2. The van der Waals surface area contributed by atoms with E-state index in [0.29, 0.717) is 5.92 Å². The summed E-state index contributed by atoms with van der Waals surface area (Å²) in [4.78, 5) is 7.14. The molecule has 1 N–H and O–H groups in total. The molecule has 4 nitrogen and oxygen atoms in total. The van der Waals surface area contributed by atoms with Gasteiger partial charge in [0, 0.05) is 32.4 Å². The fraction of sp³-hybridized carbons (Fsp3) is 0.706. The largest absolute Gasteiger partial charge is 0.383 e. The summed E-state index contributed by atoms with van der Waals surface area (Å²) in [7, 11) is 1.75. The van der Waals surface area contributed by atoms with Crippen LogP contribution in [0.2, 0.25) is 0 Å². The number of hydrogen-bond acceptors (Lipinski definition) is 4. The number of hydrogen-bond donors (Lipinski definition) is 1. The first-order valence-corrected chi connectivity index (χ1v) is 8.05. The highest BCUT2D eigenvalue weighted by Crippen LogP contribution is 2.17. The van der Waals surface area contributed by atoms with Gasteiger partial charge < -0.3 is 15.0 Å². The predicted molar refractivity (Wildman–Crippen MR) is 89.9 cm³/mol. The minimum absolute atomic E-state index is 0.603. The predicted octanol–water partition coefficient (Wildman–Crippen LogP) is 2.86. The van der Waals surface area contributed by atoms with Crippen molar-refractivity contribution in [2.75, 3.05) is 38.3 Å². The van der Waals surface area contributed by atoms with Crippen molar-refractivity contribution in [2.24, 2.45) is 5.92 Å². The van der Waals surface area contributed by atoms with E-state index in [1.165, 1.54) is 5.56 Å². The molecule has 0 spiro atoms. The topological polar surface area (TPSA) is 37.4 Å². The van der Waals surface area contributed by atoms with Crippen LogP contribution in [-0.2, 0) is 17.7 Å². The van der Waals surface area contributed by atoms with Gasteiger partial charge in [0.05, 0.1) is 6.61 Å². The third-order valence-electron chi connectivity index (χ3n) is 3.34. The van der Waals surface area contributed by atoms with E-state index in [0.717, 1.165) is 50.7 Å². The second-order valence-corrected chi connectivity index (χ2v) is 5.79. The normalized spacial score (nSPS) is 11.1. The minimum Gasteiger partial charge on any atom is -0.383 e. The lowest BCUT2D eigenvalue weighted by atomic mass is 10.1. The highest BCUT2D eigenvalue weighted by molar-refractivity contribution is 5.43. The Bertz CT molecular complexity index is 407. The summed E-state index contributed by atoms with van der Waals surface area (Å²) in [5, 5.41) is 3.39. The first-order chi connectivity index (χ1) is 10.1. The van der Waals surface area contributed by atoms with Gasteiger partial charge in [-0.15, -0.1) is 0 Å². The smallest absolute Gasteiger partial charge is 0.129 e. The fourth-order valence-corrected chi connectivity index (χ4v) is 2.29. The van der Waals surface area contributed by atoms with E-state index >= 15 is 0 Å². The summed E-state index contributed by atoms with van der Waals surface area (Å²) >= 11 is 0. The van der Waals surface area contributed by atoms with E-state index < -0.39 is 0 Å². The molecule has 0 amide bonds. The zero-order chi connectivity index (χ0) is 15.7. The Balaban J connectivity index is 2.97. The highest BCUT2D eigenvalue weighted by Gasteiger charge is 2.12. The number of nitrogens with one attached hydrogen (secondary N) is 1. The molecule has 0 radical (unpaired) electrons. The van der Waals surface area contributed by atoms with E-state index in [4.69, 9.17) is 9.72 Å². The number of pyridine rings is 1. The lowest BCUT2D eigenvalue weighted by molar-refractivity contribution is 0.204. The number of methoxy groups -OCH3 is 1. The lowest BCUT2D eigenvalue weighted by Crippen LogP contribution is -2.32. The van der Waals surface area contributed by atoms with Gasteiger partial charge in [-0.3, -0.25) is 0 Å². The van der Waals surface area contributed by atoms with Crippen LogP contribution in [-0.4, -0.2) is 38.3 Å². The van der Waals surface area contributed by atoms with E-state index in [9.17, 15) is 0 Å². The Morgan fingerprint density at radius 1 is 1.29 bits per heavy atom. The molecule has 0 bridgehead atoms. The number of aromatic nitrogens is 1. The first kappa shape index (κ1) is 17.9. The van der Waals surface area contributed by atoms with E-state index in [-0.39, 0.29) is 0 Å². The molecule has 4 heteroatoms. The number of rotatable bonds is 10. The maximum Gasteiger partial charge on any atom is 0.129 e. The maximum atomic E-state index is 5.25. The summed E-state index contributed by atoms with van der Waals surface area (Å²) < 4.78 is 5.25. The molecule has 1 heterocycles. The van der Waals surface area contributed by atoms with Crippen molar-refractivity contribution in [3.63, 3.8) is 0 Å². The second kappa shape index (κ2) is 9.74. The Morgan fingerprint density at radius 2 is 2.05 bits per heavy atom. The van der Waals surface area contributed by atoms with Gasteiger partial charge in [-0.25, -0.2) is 4.98 Å². The first-order valence-electron chi connectivity index (χ1n) is 8.05. The summed E-state index contributed by atoms with van der Waals surface area (Å²) in [6, 6.07) is 4.41. The molecule has 120 valence electrons. The van der Waals surface area contributed by atoms with Gasteiger partial charge in [0.25, 0.3) is 0 Å². The maximum absolute atomic E-state index is 5.25. The van der Waals surface area contributed by atoms with Crippen LogP contribution in [0.3, 0.4) is 0 Å². The molecule has 0 aromatic carbocycles. The molecule has 0 unspecified atom stereocenters. The molecule has 1 aromatic heterocycles. The summed E-state index contributed by atoms with van der Waals surface area (Å²) in [5.41, 5.74) is 2.47. The van der Waals surface area contributed by atoms with Gasteiger partial charge in [0.15, 0.2) is 0 Å². The number of ether oxygens (including phenoxy) is 1. The molecule has 1 aromatic rings. The highest BCUT2D eigenvalue weighted by atomic mass is 16.5. The van der Waals surface area contributed by atoms with Gasteiger partial charge in [0.2, 0.25) is 0 Å². The third-order valence-corrected chi connectivity index (χ3v) is 3.34. The zero-order valence-electron chi connectivity index (χ0n) is 14.3. The van der Waals surface area contributed by atoms with Crippen molar-refractivity contribution in [1.82, 2.24) is 10.3 Å². The molecule has 0 atom stereocenters. The monoisotopic (exact) mass is 293 g/mol. The van der Waals surface area contributed by atoms with Crippen LogP contribution >= 0.6 is 0 Å². The molecule has 0 fully saturated rings. The van der Waals surface area contributed by atoms with Crippen molar-refractivity contribution >= 4 is 5.82 Å². The lowest BCUT2D eigenvalue weighted by Gasteiger charge is -2.26. The van der Waals surface area contributed by atoms with Crippen molar-refractivity contribution < 1.29 is 4.74 Å². The van der Waals surface area contributed by atoms with Gasteiger partial charge in [0.1, 0.15) is 5.82 Å².